The predicted molar refractivity (Wildman–Crippen MR) is 160 cm³/mol. The molecule has 1 unspecified atom stereocenters. The molecule has 0 bridgehead atoms. The summed E-state index contributed by atoms with van der Waals surface area (Å²) in [5.74, 6) is 0.563. The fourth-order valence-electron chi connectivity index (χ4n) is 5.31. The molecule has 10 nitrogen and oxygen atoms in total. The predicted octanol–water partition coefficient (Wildman–Crippen LogP) is 4.10. The summed E-state index contributed by atoms with van der Waals surface area (Å²) in [5, 5.41) is 2.60. The van der Waals surface area contributed by atoms with E-state index in [9.17, 15) is 14.4 Å². The lowest BCUT2D eigenvalue weighted by molar-refractivity contribution is -0.141. The Balaban J connectivity index is 1.45. The van der Waals surface area contributed by atoms with Crippen LogP contribution in [-0.2, 0) is 25.7 Å². The number of benzene rings is 2. The first-order valence-electron chi connectivity index (χ1n) is 13.7. The molecule has 2 aromatic rings. The van der Waals surface area contributed by atoms with E-state index in [-0.39, 0.29) is 24.8 Å². The first-order valence-corrected chi connectivity index (χ1v) is 14.6. The summed E-state index contributed by atoms with van der Waals surface area (Å²) >= 11 is 1.42. The molecular formula is C31H34N4O6S. The number of carbonyl (C=O) groups is 3. The van der Waals surface area contributed by atoms with Crippen LogP contribution in [0.2, 0.25) is 0 Å². The summed E-state index contributed by atoms with van der Waals surface area (Å²) in [5.41, 5.74) is 3.31. The van der Waals surface area contributed by atoms with Crippen molar-refractivity contribution in [1.29, 1.82) is 0 Å². The molecule has 0 saturated carbocycles. The van der Waals surface area contributed by atoms with Gasteiger partial charge in [0.15, 0.2) is 16.7 Å². The number of hydrogen-bond acceptors (Lipinski definition) is 9. The third kappa shape index (κ3) is 6.01. The van der Waals surface area contributed by atoms with Crippen LogP contribution in [0.25, 0.3) is 0 Å². The van der Waals surface area contributed by atoms with E-state index in [0.717, 1.165) is 16.8 Å². The van der Waals surface area contributed by atoms with E-state index < -0.39 is 12.0 Å². The molecule has 2 aromatic carbocycles. The lowest BCUT2D eigenvalue weighted by Crippen LogP contribution is -2.50. The van der Waals surface area contributed by atoms with Gasteiger partial charge in [-0.15, -0.1) is 0 Å². The second kappa shape index (κ2) is 12.7. The van der Waals surface area contributed by atoms with Crippen LogP contribution in [0.1, 0.15) is 37.4 Å². The number of aliphatic imine (C=N–C) groups is 1. The number of nitrogens with zero attached hydrogens (tertiary/aromatic N) is 4. The molecule has 0 aromatic heterocycles. The molecule has 0 aliphatic carbocycles. The highest BCUT2D eigenvalue weighted by Crippen LogP contribution is 2.46. The maximum absolute atomic E-state index is 13.7. The van der Waals surface area contributed by atoms with Crippen LogP contribution in [0.5, 0.6) is 11.5 Å². The van der Waals surface area contributed by atoms with Crippen LogP contribution < -0.4 is 9.47 Å². The fraction of sp³-hybridized carbons (Fsp3) is 0.355. The number of thioether (sulfide) groups is 1. The van der Waals surface area contributed by atoms with Crippen molar-refractivity contribution in [1.82, 2.24) is 14.7 Å². The van der Waals surface area contributed by atoms with E-state index in [1.54, 1.807) is 43.9 Å². The van der Waals surface area contributed by atoms with Crippen molar-refractivity contribution >= 4 is 34.7 Å². The normalized spacial score (nSPS) is 18.3. The highest BCUT2D eigenvalue weighted by atomic mass is 32.2. The molecule has 5 rings (SSSR count). The molecule has 1 atom stereocenters. The Morgan fingerprint density at radius 3 is 2.31 bits per heavy atom. The summed E-state index contributed by atoms with van der Waals surface area (Å²) in [4.78, 5) is 49.1. The van der Waals surface area contributed by atoms with Gasteiger partial charge in [0.1, 0.15) is 6.61 Å². The fourth-order valence-corrected chi connectivity index (χ4v) is 6.27. The monoisotopic (exact) mass is 590 g/mol. The number of amides is 2. The maximum atomic E-state index is 13.7. The van der Waals surface area contributed by atoms with E-state index in [1.807, 2.05) is 52.8 Å². The molecule has 2 amide bonds. The number of esters is 1. The SMILES string of the molecule is COc1ccc(C2C(C(=O)OCc3ccccc3)=C(C)N=C3SC=C(CC(=O)N4CCN(C(C)=O)CC4)N32)cc1OC. The van der Waals surface area contributed by atoms with Crippen LogP contribution >= 0.6 is 11.8 Å². The molecule has 0 radical (unpaired) electrons. The van der Waals surface area contributed by atoms with Crippen LogP contribution in [0, 0.1) is 0 Å². The minimum atomic E-state index is -0.607. The quantitative estimate of drug-likeness (QED) is 0.424. The summed E-state index contributed by atoms with van der Waals surface area (Å²) in [6.45, 7) is 5.45. The van der Waals surface area contributed by atoms with Crippen molar-refractivity contribution < 1.29 is 28.6 Å². The van der Waals surface area contributed by atoms with Gasteiger partial charge in [0.05, 0.1) is 38.0 Å². The summed E-state index contributed by atoms with van der Waals surface area (Å²) in [6, 6.07) is 14.4. The van der Waals surface area contributed by atoms with Gasteiger partial charge in [-0.3, -0.25) is 9.59 Å². The van der Waals surface area contributed by atoms with E-state index in [1.165, 1.54) is 11.8 Å². The number of allylic oxidation sites excluding steroid dienone is 1. The number of methoxy groups -OCH3 is 2. The zero-order valence-corrected chi connectivity index (χ0v) is 25.0. The van der Waals surface area contributed by atoms with Gasteiger partial charge in [-0.25, -0.2) is 9.79 Å². The van der Waals surface area contributed by atoms with Crippen molar-refractivity contribution in [2.45, 2.75) is 32.9 Å². The molecule has 1 fully saturated rings. The Morgan fingerprint density at radius 2 is 1.64 bits per heavy atom. The third-order valence-corrected chi connectivity index (χ3v) is 8.46. The Hall–Kier alpha value is -4.25. The summed E-state index contributed by atoms with van der Waals surface area (Å²) in [7, 11) is 3.13. The third-order valence-electron chi connectivity index (χ3n) is 7.57. The zero-order chi connectivity index (χ0) is 29.8. The number of ether oxygens (including phenoxy) is 3. The lowest BCUT2D eigenvalue weighted by atomic mass is 9.93. The van der Waals surface area contributed by atoms with Gasteiger partial charge in [-0.2, -0.15) is 0 Å². The second-order valence-electron chi connectivity index (χ2n) is 10.1. The van der Waals surface area contributed by atoms with Crippen molar-refractivity contribution in [3.05, 3.63) is 82.0 Å². The number of carbonyl (C=O) groups excluding carboxylic acids is 3. The van der Waals surface area contributed by atoms with Gasteiger partial charge < -0.3 is 28.9 Å². The Morgan fingerprint density at radius 1 is 0.952 bits per heavy atom. The minimum absolute atomic E-state index is 0.0118. The molecule has 42 heavy (non-hydrogen) atoms. The van der Waals surface area contributed by atoms with Gasteiger partial charge in [0.25, 0.3) is 0 Å². The lowest BCUT2D eigenvalue weighted by Gasteiger charge is -2.38. The molecule has 3 aliphatic rings. The van der Waals surface area contributed by atoms with Crippen molar-refractivity contribution in [2.24, 2.45) is 4.99 Å². The first-order chi connectivity index (χ1) is 20.3. The van der Waals surface area contributed by atoms with Gasteiger partial charge in [0.2, 0.25) is 11.8 Å². The van der Waals surface area contributed by atoms with Gasteiger partial charge >= 0.3 is 5.97 Å². The van der Waals surface area contributed by atoms with Crippen LogP contribution in [0.3, 0.4) is 0 Å². The topological polar surface area (TPSA) is 101 Å². The molecule has 0 N–H and O–H groups in total. The van der Waals surface area contributed by atoms with Crippen LogP contribution in [0.15, 0.2) is 75.9 Å². The van der Waals surface area contributed by atoms with Gasteiger partial charge in [0, 0.05) is 38.8 Å². The Kier molecular flexibility index (Phi) is 8.86. The molecule has 0 spiro atoms. The molecule has 11 heteroatoms. The van der Waals surface area contributed by atoms with Crippen molar-refractivity contribution in [2.75, 3.05) is 40.4 Å². The molecule has 3 aliphatic heterocycles. The smallest absolute Gasteiger partial charge is 0.338 e. The first kappa shape index (κ1) is 29.2. The Labute approximate surface area is 249 Å². The van der Waals surface area contributed by atoms with Gasteiger partial charge in [-0.1, -0.05) is 48.2 Å². The standard InChI is InChI=1S/C31H34N4O6S/c1-20-28(30(38)41-18-22-8-6-5-7-9-22)29(23-10-11-25(39-3)26(16-23)40-4)35-24(19-42-31(35)32-20)17-27(37)34-14-12-33(13-15-34)21(2)36/h5-11,16,19,29H,12-15,17-18H2,1-4H3. The number of fused-ring (bicyclic) bond motifs is 1. The Bertz CT molecular complexity index is 1460. The van der Waals surface area contributed by atoms with E-state index in [0.29, 0.717) is 54.1 Å². The number of rotatable bonds is 8. The van der Waals surface area contributed by atoms with Crippen LogP contribution in [0.4, 0.5) is 0 Å². The zero-order valence-electron chi connectivity index (χ0n) is 24.2. The average Bonchev–Trinajstić information content (AvgIpc) is 3.40. The second-order valence-corrected chi connectivity index (χ2v) is 11.0. The van der Waals surface area contributed by atoms with Gasteiger partial charge in [-0.05, 0) is 35.6 Å². The van der Waals surface area contributed by atoms with Crippen molar-refractivity contribution in [3.8, 4) is 11.5 Å². The van der Waals surface area contributed by atoms with Crippen molar-refractivity contribution in [3.63, 3.8) is 0 Å². The maximum Gasteiger partial charge on any atom is 0.338 e. The average molecular weight is 591 g/mol. The molecule has 220 valence electrons. The molecule has 1 saturated heterocycles. The molecule has 3 heterocycles. The largest absolute Gasteiger partial charge is 0.493 e. The summed E-state index contributed by atoms with van der Waals surface area (Å²) in [6.07, 6.45) is 0.126. The highest BCUT2D eigenvalue weighted by molar-refractivity contribution is 8.16. The number of hydrogen-bond donors (Lipinski definition) is 0. The van der Waals surface area contributed by atoms with E-state index >= 15 is 0 Å². The van der Waals surface area contributed by atoms with Crippen LogP contribution in [-0.4, -0.2) is 78.0 Å². The number of piperazine rings is 1. The summed E-state index contributed by atoms with van der Waals surface area (Å²) < 4.78 is 16.8. The molecular weight excluding hydrogens is 556 g/mol. The van der Waals surface area contributed by atoms with E-state index in [4.69, 9.17) is 19.2 Å². The van der Waals surface area contributed by atoms with E-state index in [2.05, 4.69) is 0 Å². The number of amidine groups is 1. The minimum Gasteiger partial charge on any atom is -0.493 e. The highest BCUT2D eigenvalue weighted by Gasteiger charge is 2.42.